The van der Waals surface area contributed by atoms with E-state index in [0.717, 1.165) is 6.42 Å². The molecule has 43 heavy (non-hydrogen) atoms. The topological polar surface area (TPSA) is 0 Å². The van der Waals surface area contributed by atoms with E-state index in [1.54, 1.807) is 0 Å². The van der Waals surface area contributed by atoms with Gasteiger partial charge in [-0.2, -0.15) is 35.4 Å². The van der Waals surface area contributed by atoms with Crippen molar-refractivity contribution < 1.29 is 24.2 Å². The minimum Gasteiger partial charge on any atom is -0.266 e. The zero-order chi connectivity index (χ0) is 32.3. The van der Waals surface area contributed by atoms with Crippen molar-refractivity contribution in [1.82, 2.24) is 0 Å². The maximum absolute atomic E-state index is 3.67. The molecule has 0 nitrogen and oxygen atoms in total. The maximum Gasteiger partial charge on any atom is -0.0733 e. The van der Waals surface area contributed by atoms with Crippen LogP contribution in [0.1, 0.15) is 123 Å². The summed E-state index contributed by atoms with van der Waals surface area (Å²) in [7, 11) is 0. The summed E-state index contributed by atoms with van der Waals surface area (Å²) in [6.45, 7) is 29.1. The van der Waals surface area contributed by atoms with Crippen LogP contribution in [0.2, 0.25) is 0 Å². The van der Waals surface area contributed by atoms with Crippen molar-refractivity contribution in [3.63, 3.8) is 0 Å². The van der Waals surface area contributed by atoms with Crippen LogP contribution in [0.3, 0.4) is 0 Å². The van der Waals surface area contributed by atoms with Gasteiger partial charge >= 0.3 is 89.5 Å². The van der Waals surface area contributed by atoms with Crippen LogP contribution in [0.25, 0.3) is 11.1 Å². The molecular formula is C42H54Zr. The maximum atomic E-state index is 3.67. The molecule has 0 N–H and O–H groups in total. The van der Waals surface area contributed by atoms with Crippen LogP contribution < -0.4 is 0 Å². The van der Waals surface area contributed by atoms with E-state index in [-0.39, 0.29) is 16.2 Å². The van der Waals surface area contributed by atoms with Gasteiger partial charge in [0, 0.05) is 0 Å². The van der Waals surface area contributed by atoms with Gasteiger partial charge in [0.2, 0.25) is 0 Å². The summed E-state index contributed by atoms with van der Waals surface area (Å²) < 4.78 is 2.21. The number of hydrogen-bond acceptors (Lipinski definition) is 0. The van der Waals surface area contributed by atoms with Gasteiger partial charge in [-0.25, -0.2) is 5.57 Å². The first kappa shape index (κ1) is 35.4. The second-order valence-corrected chi connectivity index (χ2v) is 16.4. The molecule has 2 aliphatic rings. The zero-order valence-corrected chi connectivity index (χ0v) is 31.7. The van der Waals surface area contributed by atoms with Crippen LogP contribution in [0, 0.1) is 24.0 Å². The van der Waals surface area contributed by atoms with Crippen LogP contribution in [0.15, 0.2) is 71.8 Å². The van der Waals surface area contributed by atoms with Gasteiger partial charge in [0.15, 0.2) is 0 Å². The summed E-state index contributed by atoms with van der Waals surface area (Å²) in [4.78, 5) is 0. The molecule has 0 radical (unpaired) electrons. The quantitative estimate of drug-likeness (QED) is 0.190. The summed E-state index contributed by atoms with van der Waals surface area (Å²) in [5.41, 5.74) is 14.6. The molecule has 0 saturated carbocycles. The number of fused-ring (bicyclic) bond motifs is 3. The molecule has 226 valence electrons. The Bertz CT molecular complexity index is 1410. The van der Waals surface area contributed by atoms with Gasteiger partial charge in [0.25, 0.3) is 0 Å². The molecule has 0 aliphatic heterocycles. The van der Waals surface area contributed by atoms with Gasteiger partial charge in [-0.15, -0.1) is 11.1 Å². The first-order valence-electron chi connectivity index (χ1n) is 15.9. The normalized spacial score (nSPS) is 15.9. The zero-order valence-electron chi connectivity index (χ0n) is 29.2. The van der Waals surface area contributed by atoms with Crippen molar-refractivity contribution in [2.24, 2.45) is 11.8 Å². The van der Waals surface area contributed by atoms with E-state index in [2.05, 4.69) is 167 Å². The Morgan fingerprint density at radius 3 is 1.77 bits per heavy atom. The third kappa shape index (κ3) is 9.44. The minimum atomic E-state index is 0.167. The van der Waals surface area contributed by atoms with Crippen molar-refractivity contribution in [2.45, 2.75) is 113 Å². The van der Waals surface area contributed by atoms with E-state index in [0.29, 0.717) is 11.8 Å². The molecule has 0 saturated heterocycles. The SMILES string of the molecule is CC(C)(C)c1[c-]c2c(cc1)-c1ccc(C(C)(C)C)cc1C2.CC(C)(C)c1ccc([CH]=[Zr+2])cc1.CC1=[C-]C(C)C=C1C(C)C. The fraction of sp³-hybridized carbons (Fsp3) is 0.452. The predicted molar refractivity (Wildman–Crippen MR) is 186 cm³/mol. The van der Waals surface area contributed by atoms with E-state index in [1.165, 1.54) is 79.9 Å². The number of hydrogen-bond donors (Lipinski definition) is 0. The van der Waals surface area contributed by atoms with Crippen molar-refractivity contribution in [1.29, 1.82) is 0 Å². The molecule has 3 aromatic rings. The van der Waals surface area contributed by atoms with Crippen molar-refractivity contribution in [3.8, 4) is 11.1 Å². The minimum absolute atomic E-state index is 0.167. The predicted octanol–water partition coefficient (Wildman–Crippen LogP) is 11.3. The molecule has 0 amide bonds. The number of allylic oxidation sites excluding steroid dienone is 4. The first-order valence-corrected chi connectivity index (χ1v) is 17.4. The Morgan fingerprint density at radius 2 is 1.33 bits per heavy atom. The molecule has 2 aliphatic carbocycles. The molecular weight excluding hydrogens is 596 g/mol. The summed E-state index contributed by atoms with van der Waals surface area (Å²) in [5, 5.41) is 0. The summed E-state index contributed by atoms with van der Waals surface area (Å²) in [5.74, 6) is 1.20. The third-order valence-electron chi connectivity index (χ3n) is 8.34. The Balaban J connectivity index is 0.000000195. The average molecular weight is 650 g/mol. The Hall–Kier alpha value is -2.11. The second-order valence-electron chi connectivity index (χ2n) is 15.7. The van der Waals surface area contributed by atoms with Crippen molar-refractivity contribution in [3.05, 3.63) is 117 Å². The molecule has 5 rings (SSSR count). The van der Waals surface area contributed by atoms with E-state index in [1.807, 2.05) is 0 Å². The third-order valence-corrected chi connectivity index (χ3v) is 9.16. The molecule has 0 spiro atoms. The fourth-order valence-electron chi connectivity index (χ4n) is 5.59. The van der Waals surface area contributed by atoms with Gasteiger partial charge in [-0.1, -0.05) is 105 Å². The second kappa shape index (κ2) is 13.9. The van der Waals surface area contributed by atoms with Crippen LogP contribution >= 0.6 is 0 Å². The van der Waals surface area contributed by atoms with Crippen LogP contribution in [0.4, 0.5) is 0 Å². The molecule has 0 heterocycles. The molecule has 1 unspecified atom stereocenters. The van der Waals surface area contributed by atoms with E-state index >= 15 is 0 Å². The Labute approximate surface area is 279 Å². The smallest absolute Gasteiger partial charge is 0.0733 e. The standard InChI is InChI=1S/C21H25.C11H14.C10H15.Zr/c1-20(2,3)16-7-9-18-14(12-16)11-15-13-17(21(4,5)6)8-10-19(15)18;1-9-5-7-10(8-6-9)11(2,3)4;1-7(2)10-6-8(3)5-9(10)4;/h7-10,12H,11H2,1-6H3;1,5-8H,2-4H3;6-8H,1-4H3;/q-1;;-1;+2. The molecule has 0 aromatic heterocycles. The number of rotatable bonds is 2. The van der Waals surface area contributed by atoms with Crippen LogP contribution in [0.5, 0.6) is 0 Å². The van der Waals surface area contributed by atoms with E-state index in [9.17, 15) is 0 Å². The van der Waals surface area contributed by atoms with Crippen molar-refractivity contribution >= 4 is 3.71 Å². The van der Waals surface area contributed by atoms with E-state index < -0.39 is 0 Å². The van der Waals surface area contributed by atoms with E-state index in [4.69, 9.17) is 0 Å². The largest absolute Gasteiger partial charge is 0.266 e. The Kier molecular flexibility index (Phi) is 11.4. The van der Waals surface area contributed by atoms with Crippen molar-refractivity contribution in [2.75, 3.05) is 0 Å². The van der Waals surface area contributed by atoms with Gasteiger partial charge in [0.1, 0.15) is 0 Å². The van der Waals surface area contributed by atoms with Gasteiger partial charge in [-0.3, -0.25) is 6.08 Å². The van der Waals surface area contributed by atoms with Crippen LogP contribution in [-0.4, -0.2) is 3.71 Å². The average Bonchev–Trinajstić information content (AvgIpc) is 3.45. The monoisotopic (exact) mass is 648 g/mol. The number of benzene rings is 3. The molecule has 0 bridgehead atoms. The first-order chi connectivity index (χ1) is 19.8. The summed E-state index contributed by atoms with van der Waals surface area (Å²) >= 11 is 1.46. The summed E-state index contributed by atoms with van der Waals surface area (Å²) in [6, 6.07) is 24.0. The van der Waals surface area contributed by atoms with Crippen LogP contribution in [-0.2, 0) is 46.9 Å². The molecule has 1 heteroatoms. The molecule has 1 atom stereocenters. The fourth-order valence-corrected chi connectivity index (χ4v) is 6.07. The molecule has 3 aromatic carbocycles. The van der Waals surface area contributed by atoms with Gasteiger partial charge in [-0.05, 0) is 28.4 Å². The summed E-state index contributed by atoms with van der Waals surface area (Å²) in [6.07, 6.45) is 6.70. The molecule has 0 fully saturated rings. The van der Waals surface area contributed by atoms with Gasteiger partial charge in [0.05, 0.1) is 0 Å². The Morgan fingerprint density at radius 1 is 0.767 bits per heavy atom. The van der Waals surface area contributed by atoms with Gasteiger partial charge < -0.3 is 0 Å².